The Morgan fingerprint density at radius 2 is 2.00 bits per heavy atom. The van der Waals surface area contributed by atoms with Gasteiger partial charge in [-0.2, -0.15) is 5.48 Å². The molecule has 0 fully saturated rings. The van der Waals surface area contributed by atoms with Crippen LogP contribution in [0.25, 0.3) is 0 Å². The third-order valence-corrected chi connectivity index (χ3v) is 1.87. The number of nitrogens with one attached hydrogen (secondary N) is 1. The van der Waals surface area contributed by atoms with Crippen molar-refractivity contribution in [1.82, 2.24) is 5.48 Å². The molecule has 0 heterocycles. The minimum atomic E-state index is 0.312. The largest absolute Gasteiger partial charge is 0.508 e. The van der Waals surface area contributed by atoms with Crippen molar-refractivity contribution in [2.75, 3.05) is 7.11 Å². The van der Waals surface area contributed by atoms with E-state index >= 15 is 0 Å². The molecule has 0 aromatic heterocycles. The number of hydroxylamine groups is 1. The van der Waals surface area contributed by atoms with E-state index in [1.54, 1.807) is 19.2 Å². The molecule has 1 aromatic rings. The van der Waals surface area contributed by atoms with Crippen molar-refractivity contribution in [3.8, 4) is 5.75 Å². The van der Waals surface area contributed by atoms with Crippen LogP contribution in [0.5, 0.6) is 5.75 Å². The Labute approximate surface area is 78.3 Å². The highest BCUT2D eigenvalue weighted by Gasteiger charge is 1.98. The first kappa shape index (κ1) is 10.0. The number of rotatable bonds is 4. The van der Waals surface area contributed by atoms with E-state index in [-0.39, 0.29) is 0 Å². The molecular formula is C10H15NO2. The van der Waals surface area contributed by atoms with Crippen LogP contribution in [0.15, 0.2) is 18.2 Å². The topological polar surface area (TPSA) is 41.5 Å². The van der Waals surface area contributed by atoms with E-state index < -0.39 is 0 Å². The van der Waals surface area contributed by atoms with E-state index in [1.165, 1.54) is 0 Å². The lowest BCUT2D eigenvalue weighted by molar-refractivity contribution is 0.0866. The van der Waals surface area contributed by atoms with Crippen LogP contribution in [0, 0.1) is 0 Å². The molecule has 0 radical (unpaired) electrons. The zero-order valence-electron chi connectivity index (χ0n) is 8.00. The van der Waals surface area contributed by atoms with Crippen LogP contribution in [0.4, 0.5) is 0 Å². The lowest BCUT2D eigenvalue weighted by atomic mass is 10.1. The summed E-state index contributed by atoms with van der Waals surface area (Å²) in [7, 11) is 1.57. The Balaban J connectivity index is 2.76. The Morgan fingerprint density at radius 1 is 1.31 bits per heavy atom. The molecule has 0 saturated heterocycles. The summed E-state index contributed by atoms with van der Waals surface area (Å²) >= 11 is 0. The average Bonchev–Trinajstić information content (AvgIpc) is 2.14. The number of hydrogen-bond acceptors (Lipinski definition) is 3. The van der Waals surface area contributed by atoms with Gasteiger partial charge in [-0.25, -0.2) is 0 Å². The number of aromatic hydroxyl groups is 1. The summed E-state index contributed by atoms with van der Waals surface area (Å²) < 4.78 is 0. The fourth-order valence-corrected chi connectivity index (χ4v) is 1.20. The third kappa shape index (κ3) is 3.05. The standard InChI is InChI=1S/C10H15NO2/c1-3-8-4-9(7-11-13-2)6-10(12)5-8/h4-6,11-12H,3,7H2,1-2H3. The van der Waals surface area contributed by atoms with Gasteiger partial charge in [0.1, 0.15) is 5.75 Å². The first-order chi connectivity index (χ1) is 6.26. The second kappa shape index (κ2) is 4.84. The molecule has 0 bridgehead atoms. The van der Waals surface area contributed by atoms with E-state index in [1.807, 2.05) is 6.07 Å². The highest BCUT2D eigenvalue weighted by molar-refractivity contribution is 5.33. The van der Waals surface area contributed by atoms with Gasteiger partial charge in [0, 0.05) is 6.54 Å². The van der Waals surface area contributed by atoms with Gasteiger partial charge in [0.2, 0.25) is 0 Å². The maximum Gasteiger partial charge on any atom is 0.116 e. The summed E-state index contributed by atoms with van der Waals surface area (Å²) in [6, 6.07) is 5.55. The molecule has 0 unspecified atom stereocenters. The summed E-state index contributed by atoms with van der Waals surface area (Å²) in [6.07, 6.45) is 0.925. The number of hydrogen-bond donors (Lipinski definition) is 2. The second-order valence-corrected chi connectivity index (χ2v) is 2.89. The van der Waals surface area contributed by atoms with Gasteiger partial charge >= 0.3 is 0 Å². The van der Waals surface area contributed by atoms with E-state index in [2.05, 4.69) is 12.4 Å². The smallest absolute Gasteiger partial charge is 0.116 e. The molecule has 13 heavy (non-hydrogen) atoms. The van der Waals surface area contributed by atoms with Crippen LogP contribution < -0.4 is 5.48 Å². The highest BCUT2D eigenvalue weighted by atomic mass is 16.6. The average molecular weight is 181 g/mol. The summed E-state index contributed by atoms with van der Waals surface area (Å²) in [5, 5.41) is 9.36. The maximum absolute atomic E-state index is 9.36. The van der Waals surface area contributed by atoms with Crippen LogP contribution >= 0.6 is 0 Å². The molecule has 1 rings (SSSR count). The second-order valence-electron chi connectivity index (χ2n) is 2.89. The van der Waals surface area contributed by atoms with Crippen LogP contribution in [0.1, 0.15) is 18.1 Å². The first-order valence-corrected chi connectivity index (χ1v) is 4.34. The van der Waals surface area contributed by atoms with Crippen molar-refractivity contribution in [2.45, 2.75) is 19.9 Å². The van der Waals surface area contributed by atoms with Crippen molar-refractivity contribution in [3.63, 3.8) is 0 Å². The molecule has 3 heteroatoms. The van der Waals surface area contributed by atoms with Gasteiger partial charge in [-0.1, -0.05) is 13.0 Å². The van der Waals surface area contributed by atoms with Crippen molar-refractivity contribution in [1.29, 1.82) is 0 Å². The molecule has 72 valence electrons. The summed E-state index contributed by atoms with van der Waals surface area (Å²) in [6.45, 7) is 2.67. The molecule has 0 atom stereocenters. The van der Waals surface area contributed by atoms with Crippen LogP contribution in [0.2, 0.25) is 0 Å². The number of phenolic OH excluding ortho intramolecular Hbond substituents is 1. The number of aryl methyl sites for hydroxylation is 1. The van der Waals surface area contributed by atoms with Gasteiger partial charge in [-0.15, -0.1) is 0 Å². The van der Waals surface area contributed by atoms with E-state index in [9.17, 15) is 5.11 Å². The van der Waals surface area contributed by atoms with Gasteiger partial charge in [-0.3, -0.25) is 0 Å². The van der Waals surface area contributed by atoms with Crippen molar-refractivity contribution < 1.29 is 9.94 Å². The fourth-order valence-electron chi connectivity index (χ4n) is 1.20. The fraction of sp³-hybridized carbons (Fsp3) is 0.400. The molecule has 0 spiro atoms. The lowest BCUT2D eigenvalue weighted by Gasteiger charge is -2.05. The molecular weight excluding hydrogens is 166 g/mol. The Kier molecular flexibility index (Phi) is 3.73. The molecule has 0 saturated carbocycles. The van der Waals surface area contributed by atoms with Gasteiger partial charge < -0.3 is 9.94 Å². The molecule has 3 nitrogen and oxygen atoms in total. The van der Waals surface area contributed by atoms with Crippen LogP contribution in [0.3, 0.4) is 0 Å². The molecule has 2 N–H and O–H groups in total. The predicted molar refractivity (Wildman–Crippen MR) is 51.3 cm³/mol. The minimum Gasteiger partial charge on any atom is -0.508 e. The third-order valence-electron chi connectivity index (χ3n) is 1.87. The molecule has 1 aromatic carbocycles. The van der Waals surface area contributed by atoms with Gasteiger partial charge in [-0.05, 0) is 29.7 Å². The monoisotopic (exact) mass is 181 g/mol. The van der Waals surface area contributed by atoms with E-state index in [0.717, 1.165) is 17.5 Å². The Hall–Kier alpha value is -1.06. The van der Waals surface area contributed by atoms with Gasteiger partial charge in [0.15, 0.2) is 0 Å². The first-order valence-electron chi connectivity index (χ1n) is 4.34. The normalized spacial score (nSPS) is 10.3. The maximum atomic E-state index is 9.36. The van der Waals surface area contributed by atoms with E-state index in [0.29, 0.717) is 12.3 Å². The van der Waals surface area contributed by atoms with Crippen LogP contribution in [-0.2, 0) is 17.8 Å². The molecule has 0 aliphatic heterocycles. The minimum absolute atomic E-state index is 0.312. The lowest BCUT2D eigenvalue weighted by Crippen LogP contribution is -2.10. The number of phenols is 1. The van der Waals surface area contributed by atoms with E-state index in [4.69, 9.17) is 4.84 Å². The molecule has 0 aliphatic rings. The number of benzene rings is 1. The SMILES string of the molecule is CCc1cc(O)cc(CNOC)c1. The highest BCUT2D eigenvalue weighted by Crippen LogP contribution is 2.15. The zero-order valence-corrected chi connectivity index (χ0v) is 8.00. The van der Waals surface area contributed by atoms with Gasteiger partial charge in [0.05, 0.1) is 7.11 Å². The van der Waals surface area contributed by atoms with Crippen LogP contribution in [-0.4, -0.2) is 12.2 Å². The summed E-state index contributed by atoms with van der Waals surface area (Å²) in [5.74, 6) is 0.312. The van der Waals surface area contributed by atoms with Gasteiger partial charge in [0.25, 0.3) is 0 Å². The molecule has 0 amide bonds. The Morgan fingerprint density at radius 3 is 2.62 bits per heavy atom. The van der Waals surface area contributed by atoms with Crippen molar-refractivity contribution in [3.05, 3.63) is 29.3 Å². The Bertz CT molecular complexity index is 274. The summed E-state index contributed by atoms with van der Waals surface area (Å²) in [5.41, 5.74) is 4.89. The zero-order chi connectivity index (χ0) is 9.68. The predicted octanol–water partition coefficient (Wildman–Crippen LogP) is 1.61. The summed E-state index contributed by atoms with van der Waals surface area (Å²) in [4.78, 5) is 4.73. The molecule has 0 aliphatic carbocycles. The van der Waals surface area contributed by atoms with Crippen molar-refractivity contribution >= 4 is 0 Å². The quantitative estimate of drug-likeness (QED) is 0.693. The van der Waals surface area contributed by atoms with Crippen molar-refractivity contribution in [2.24, 2.45) is 0 Å².